The number of halogens is 1. The Morgan fingerprint density at radius 1 is 1.73 bits per heavy atom. The number of ether oxygens (including phenoxy) is 1. The van der Waals surface area contributed by atoms with Gasteiger partial charge in [-0.1, -0.05) is 12.0 Å². The lowest BCUT2D eigenvalue weighted by Gasteiger charge is -2.01. The summed E-state index contributed by atoms with van der Waals surface area (Å²) in [5.41, 5.74) is 0. The average molecular weight is 149 g/mol. The smallest absolute Gasteiger partial charge is 0.165 e. The normalized spacial score (nSPS) is 8.73. The molecule has 0 amide bonds. The highest BCUT2D eigenvalue weighted by atomic mass is 19.1. The van der Waals surface area contributed by atoms with Gasteiger partial charge in [0.2, 0.25) is 0 Å². The predicted molar refractivity (Wildman–Crippen MR) is 39.6 cm³/mol. The van der Waals surface area contributed by atoms with Crippen LogP contribution in [-0.2, 0) is 0 Å². The molecule has 1 aromatic rings. The molecule has 0 aromatic heterocycles. The molecule has 1 nitrogen and oxygen atoms in total. The van der Waals surface area contributed by atoms with Crippen LogP contribution in [0, 0.1) is 24.2 Å². The summed E-state index contributed by atoms with van der Waals surface area (Å²) in [5.74, 6) is 1.97. The van der Waals surface area contributed by atoms with Crippen LogP contribution in [0.2, 0.25) is 0 Å². The largest absolute Gasteiger partial charge is 0.478 e. The maximum atomic E-state index is 12.7. The molecule has 0 saturated heterocycles. The van der Waals surface area contributed by atoms with Crippen molar-refractivity contribution < 1.29 is 9.13 Å². The Kier molecular flexibility index (Phi) is 2.51. The molecule has 1 aromatic carbocycles. The number of benzene rings is 1. The third kappa shape index (κ3) is 1.98. The molecule has 1 rings (SSSR count). The summed E-state index contributed by atoms with van der Waals surface area (Å²) in [4.78, 5) is 0. The van der Waals surface area contributed by atoms with Crippen molar-refractivity contribution in [2.45, 2.75) is 0 Å². The second-order valence-electron chi connectivity index (χ2n) is 1.85. The van der Waals surface area contributed by atoms with E-state index in [0.29, 0.717) is 0 Å². The Morgan fingerprint density at radius 3 is 3.18 bits per heavy atom. The van der Waals surface area contributed by atoms with Gasteiger partial charge in [0.25, 0.3) is 0 Å². The summed E-state index contributed by atoms with van der Waals surface area (Å²) < 4.78 is 17.5. The minimum absolute atomic E-state index is 0.0843. The van der Waals surface area contributed by atoms with Crippen LogP contribution in [-0.4, -0.2) is 6.61 Å². The van der Waals surface area contributed by atoms with Gasteiger partial charge in [-0.3, -0.25) is 0 Å². The van der Waals surface area contributed by atoms with E-state index >= 15 is 0 Å². The van der Waals surface area contributed by atoms with Crippen molar-refractivity contribution >= 4 is 0 Å². The molecule has 0 atom stereocenters. The van der Waals surface area contributed by atoms with E-state index in [1.807, 2.05) is 0 Å². The molecule has 0 saturated carbocycles. The summed E-state index contributed by atoms with van der Waals surface area (Å²) in [6, 6.07) is 6.81. The van der Waals surface area contributed by atoms with Gasteiger partial charge in [0.15, 0.2) is 11.6 Å². The molecule has 0 aliphatic carbocycles. The van der Waals surface area contributed by atoms with E-state index in [4.69, 9.17) is 11.2 Å². The fourth-order valence-electron chi connectivity index (χ4n) is 0.632. The Bertz CT molecular complexity index is 275. The SMILES string of the molecule is C#CCOc1cc[c]cc1F. The van der Waals surface area contributed by atoms with Crippen LogP contribution in [0.25, 0.3) is 0 Å². The molecule has 11 heavy (non-hydrogen) atoms. The maximum absolute atomic E-state index is 12.7. The average Bonchev–Trinajstić information content (AvgIpc) is 2.03. The molecule has 0 spiro atoms. The van der Waals surface area contributed by atoms with E-state index in [1.165, 1.54) is 12.1 Å². The molecule has 0 heterocycles. The maximum Gasteiger partial charge on any atom is 0.165 e. The van der Waals surface area contributed by atoms with E-state index in [1.54, 1.807) is 6.07 Å². The van der Waals surface area contributed by atoms with Crippen LogP contribution < -0.4 is 4.74 Å². The monoisotopic (exact) mass is 149 g/mol. The van der Waals surface area contributed by atoms with Crippen molar-refractivity contribution in [1.29, 1.82) is 0 Å². The lowest BCUT2D eigenvalue weighted by molar-refractivity contribution is 0.348. The standard InChI is InChI=1S/C9H6FO/c1-2-7-11-9-6-4-3-5-8(9)10/h1,4-6H,7H2. The number of rotatable bonds is 2. The van der Waals surface area contributed by atoms with Gasteiger partial charge in [-0.15, -0.1) is 6.42 Å². The molecule has 2 heteroatoms. The van der Waals surface area contributed by atoms with Crippen LogP contribution in [0.15, 0.2) is 18.2 Å². The third-order valence-corrected chi connectivity index (χ3v) is 1.09. The predicted octanol–water partition coefficient (Wildman–Crippen LogP) is 1.64. The highest BCUT2D eigenvalue weighted by molar-refractivity contribution is 5.23. The van der Waals surface area contributed by atoms with Gasteiger partial charge < -0.3 is 4.74 Å². The van der Waals surface area contributed by atoms with Crippen molar-refractivity contribution in [2.75, 3.05) is 6.61 Å². The van der Waals surface area contributed by atoms with Crippen LogP contribution >= 0.6 is 0 Å². The number of hydrogen-bond acceptors (Lipinski definition) is 1. The Hall–Kier alpha value is -1.49. The lowest BCUT2D eigenvalue weighted by atomic mass is 10.3. The van der Waals surface area contributed by atoms with Crippen LogP contribution in [0.1, 0.15) is 0 Å². The minimum Gasteiger partial charge on any atom is -0.478 e. The van der Waals surface area contributed by atoms with Gasteiger partial charge in [0, 0.05) is 0 Å². The van der Waals surface area contributed by atoms with Gasteiger partial charge in [-0.25, -0.2) is 4.39 Å². The molecule has 0 N–H and O–H groups in total. The van der Waals surface area contributed by atoms with Crippen molar-refractivity contribution in [2.24, 2.45) is 0 Å². The molecule has 55 valence electrons. The fraction of sp³-hybridized carbons (Fsp3) is 0.111. The Labute approximate surface area is 64.8 Å². The molecular formula is C9H6FO. The van der Waals surface area contributed by atoms with E-state index in [2.05, 4.69) is 12.0 Å². The Balaban J connectivity index is 2.71. The highest BCUT2D eigenvalue weighted by Crippen LogP contribution is 2.14. The lowest BCUT2D eigenvalue weighted by Crippen LogP contribution is -1.95. The first kappa shape index (κ1) is 7.62. The van der Waals surface area contributed by atoms with Crippen molar-refractivity contribution in [3.05, 3.63) is 30.1 Å². The first-order chi connectivity index (χ1) is 5.34. The molecule has 0 aliphatic rings. The molecule has 0 aliphatic heterocycles. The van der Waals surface area contributed by atoms with Gasteiger partial charge >= 0.3 is 0 Å². The minimum atomic E-state index is -0.442. The van der Waals surface area contributed by atoms with E-state index in [0.717, 1.165) is 0 Å². The molecule has 0 fully saturated rings. The highest BCUT2D eigenvalue weighted by Gasteiger charge is 1.98. The summed E-state index contributed by atoms with van der Waals surface area (Å²) in [7, 11) is 0. The first-order valence-corrected chi connectivity index (χ1v) is 3.06. The van der Waals surface area contributed by atoms with Gasteiger partial charge in [-0.05, 0) is 18.2 Å². The zero-order chi connectivity index (χ0) is 8.10. The quantitative estimate of drug-likeness (QED) is 0.581. The second-order valence-corrected chi connectivity index (χ2v) is 1.85. The fourth-order valence-corrected chi connectivity index (χ4v) is 0.632. The van der Waals surface area contributed by atoms with Gasteiger partial charge in [0.05, 0.1) is 0 Å². The number of hydrogen-bond donors (Lipinski definition) is 0. The van der Waals surface area contributed by atoms with E-state index in [9.17, 15) is 4.39 Å². The summed E-state index contributed by atoms with van der Waals surface area (Å²) in [6.45, 7) is 0.0843. The van der Waals surface area contributed by atoms with Crippen molar-refractivity contribution in [3.63, 3.8) is 0 Å². The summed E-state index contributed by atoms with van der Waals surface area (Å²) in [6.07, 6.45) is 4.92. The Morgan fingerprint density at radius 2 is 2.55 bits per heavy atom. The molecular weight excluding hydrogens is 143 g/mol. The zero-order valence-electron chi connectivity index (χ0n) is 5.80. The van der Waals surface area contributed by atoms with Crippen LogP contribution in [0.5, 0.6) is 5.75 Å². The van der Waals surface area contributed by atoms with Crippen molar-refractivity contribution in [3.8, 4) is 18.1 Å². The van der Waals surface area contributed by atoms with E-state index in [-0.39, 0.29) is 12.4 Å². The zero-order valence-corrected chi connectivity index (χ0v) is 5.80. The molecule has 1 radical (unpaired) electrons. The summed E-state index contributed by atoms with van der Waals surface area (Å²) in [5, 5.41) is 0. The van der Waals surface area contributed by atoms with E-state index < -0.39 is 5.82 Å². The van der Waals surface area contributed by atoms with Gasteiger partial charge in [0.1, 0.15) is 6.61 Å². The first-order valence-electron chi connectivity index (χ1n) is 3.06. The topological polar surface area (TPSA) is 9.23 Å². The third-order valence-electron chi connectivity index (χ3n) is 1.09. The number of terminal acetylenes is 1. The molecule has 0 bridgehead atoms. The summed E-state index contributed by atoms with van der Waals surface area (Å²) >= 11 is 0. The second kappa shape index (κ2) is 3.62. The van der Waals surface area contributed by atoms with Crippen molar-refractivity contribution in [1.82, 2.24) is 0 Å². The molecule has 0 unspecified atom stereocenters. The van der Waals surface area contributed by atoms with Crippen LogP contribution in [0.4, 0.5) is 4.39 Å². The van der Waals surface area contributed by atoms with Crippen LogP contribution in [0.3, 0.4) is 0 Å². The van der Waals surface area contributed by atoms with Gasteiger partial charge in [-0.2, -0.15) is 0 Å².